The molecule has 0 spiro atoms. The number of hydrogen-bond donors (Lipinski definition) is 2. The third-order valence-electron chi connectivity index (χ3n) is 3.59. The summed E-state index contributed by atoms with van der Waals surface area (Å²) in [6, 6.07) is 13.3. The number of ether oxygens (including phenoxy) is 1. The van der Waals surface area contributed by atoms with Crippen molar-refractivity contribution < 1.29 is 13.2 Å². The molecule has 24 heavy (non-hydrogen) atoms. The van der Waals surface area contributed by atoms with Gasteiger partial charge in [0.1, 0.15) is 5.75 Å². The number of nitrogens with zero attached hydrogens (tertiary/aromatic N) is 1. The van der Waals surface area contributed by atoms with E-state index < -0.39 is 10.0 Å². The molecular formula is C17H17N3O3S. The molecule has 3 rings (SSSR count). The lowest BCUT2D eigenvalue weighted by molar-refractivity contribution is 0.414. The molecule has 0 aliphatic rings. The van der Waals surface area contributed by atoms with Crippen LogP contribution in [0.2, 0.25) is 0 Å². The highest BCUT2D eigenvalue weighted by Gasteiger charge is 2.15. The van der Waals surface area contributed by atoms with E-state index in [0.717, 1.165) is 17.0 Å². The van der Waals surface area contributed by atoms with Crippen LogP contribution in [0.3, 0.4) is 0 Å². The summed E-state index contributed by atoms with van der Waals surface area (Å²) < 4.78 is 32.6. The lowest BCUT2D eigenvalue weighted by Gasteiger charge is -2.10. The first-order chi connectivity index (χ1) is 11.5. The molecular weight excluding hydrogens is 326 g/mol. The quantitative estimate of drug-likeness (QED) is 0.745. The van der Waals surface area contributed by atoms with Crippen molar-refractivity contribution in [1.29, 1.82) is 0 Å². The topological polar surface area (TPSA) is 84.1 Å². The Hall–Kier alpha value is -2.80. The molecule has 0 radical (unpaired) electrons. The average Bonchev–Trinajstić information content (AvgIpc) is 3.01. The summed E-state index contributed by atoms with van der Waals surface area (Å²) in [6.07, 6.45) is 1.61. The highest BCUT2D eigenvalue weighted by molar-refractivity contribution is 7.92. The van der Waals surface area contributed by atoms with Gasteiger partial charge in [0.2, 0.25) is 0 Å². The number of aromatic nitrogens is 2. The number of H-pyrrole nitrogens is 1. The van der Waals surface area contributed by atoms with Gasteiger partial charge in [-0.3, -0.25) is 4.72 Å². The first kappa shape index (κ1) is 16.1. The van der Waals surface area contributed by atoms with E-state index in [2.05, 4.69) is 14.7 Å². The summed E-state index contributed by atoms with van der Waals surface area (Å²) in [5, 5.41) is 0. The van der Waals surface area contributed by atoms with E-state index in [-0.39, 0.29) is 4.90 Å². The van der Waals surface area contributed by atoms with Crippen LogP contribution in [0.5, 0.6) is 5.75 Å². The summed E-state index contributed by atoms with van der Waals surface area (Å²) in [4.78, 5) is 7.44. The second kappa shape index (κ2) is 6.37. The Kier molecular flexibility index (Phi) is 4.26. The number of methoxy groups -OCH3 is 1. The maximum absolute atomic E-state index is 12.5. The Morgan fingerprint density at radius 2 is 1.88 bits per heavy atom. The molecule has 2 aromatic carbocycles. The van der Waals surface area contributed by atoms with Crippen molar-refractivity contribution in [2.45, 2.75) is 11.8 Å². The monoisotopic (exact) mass is 343 g/mol. The van der Waals surface area contributed by atoms with Crippen molar-refractivity contribution >= 4 is 15.7 Å². The van der Waals surface area contributed by atoms with Gasteiger partial charge in [-0.25, -0.2) is 13.4 Å². The fourth-order valence-electron chi connectivity index (χ4n) is 2.35. The minimum atomic E-state index is -3.67. The maximum atomic E-state index is 12.5. The van der Waals surface area contributed by atoms with Crippen LogP contribution in [-0.4, -0.2) is 25.5 Å². The van der Waals surface area contributed by atoms with Crippen molar-refractivity contribution in [1.82, 2.24) is 9.97 Å². The number of nitrogens with one attached hydrogen (secondary N) is 2. The van der Waals surface area contributed by atoms with Gasteiger partial charge >= 0.3 is 0 Å². The molecule has 0 bridgehead atoms. The van der Waals surface area contributed by atoms with Crippen LogP contribution < -0.4 is 9.46 Å². The Balaban J connectivity index is 1.88. The number of aromatic amines is 1. The van der Waals surface area contributed by atoms with Crippen molar-refractivity contribution in [2.75, 3.05) is 11.8 Å². The summed E-state index contributed by atoms with van der Waals surface area (Å²) in [5.74, 6) is 0.602. The molecule has 2 N–H and O–H groups in total. The van der Waals surface area contributed by atoms with Crippen LogP contribution in [-0.2, 0) is 10.0 Å². The number of benzene rings is 2. The van der Waals surface area contributed by atoms with Gasteiger partial charge in [0.25, 0.3) is 10.0 Å². The molecule has 0 aliphatic carbocycles. The lowest BCUT2D eigenvalue weighted by atomic mass is 10.1. The van der Waals surface area contributed by atoms with E-state index >= 15 is 0 Å². The van der Waals surface area contributed by atoms with Crippen LogP contribution in [0, 0.1) is 6.92 Å². The van der Waals surface area contributed by atoms with Crippen LogP contribution in [0.25, 0.3) is 11.3 Å². The Morgan fingerprint density at radius 1 is 1.12 bits per heavy atom. The van der Waals surface area contributed by atoms with E-state index in [4.69, 9.17) is 4.74 Å². The summed E-state index contributed by atoms with van der Waals surface area (Å²) in [5.41, 5.74) is 3.03. The number of rotatable bonds is 5. The molecule has 0 amide bonds. The molecule has 1 aromatic heterocycles. The van der Waals surface area contributed by atoms with Gasteiger partial charge in [-0.05, 0) is 43.3 Å². The predicted octanol–water partition coefficient (Wildman–Crippen LogP) is 3.19. The number of anilines is 1. The minimum absolute atomic E-state index is 0.171. The van der Waals surface area contributed by atoms with Gasteiger partial charge in [-0.1, -0.05) is 12.1 Å². The summed E-state index contributed by atoms with van der Waals surface area (Å²) >= 11 is 0. The number of hydrogen-bond acceptors (Lipinski definition) is 4. The fraction of sp³-hybridized carbons (Fsp3) is 0.118. The van der Waals surface area contributed by atoms with E-state index in [1.54, 1.807) is 36.7 Å². The zero-order chi connectivity index (χ0) is 17.2. The number of aryl methyl sites for hydroxylation is 1. The van der Waals surface area contributed by atoms with Crippen LogP contribution in [0.4, 0.5) is 5.69 Å². The van der Waals surface area contributed by atoms with Crippen molar-refractivity contribution in [2.24, 2.45) is 0 Å². The third-order valence-corrected chi connectivity index (χ3v) is 4.99. The zero-order valence-corrected chi connectivity index (χ0v) is 14.1. The van der Waals surface area contributed by atoms with E-state index in [1.165, 1.54) is 19.2 Å². The molecule has 124 valence electrons. The molecule has 0 unspecified atom stereocenters. The molecule has 0 atom stereocenters. The Bertz CT molecular complexity index is 947. The highest BCUT2D eigenvalue weighted by atomic mass is 32.2. The fourth-order valence-corrected chi connectivity index (χ4v) is 3.40. The van der Waals surface area contributed by atoms with E-state index in [1.807, 2.05) is 13.0 Å². The largest absolute Gasteiger partial charge is 0.497 e. The van der Waals surface area contributed by atoms with Gasteiger partial charge in [0.15, 0.2) is 0 Å². The summed E-state index contributed by atoms with van der Waals surface area (Å²) in [7, 11) is -2.14. The molecule has 0 fully saturated rings. The molecule has 1 heterocycles. The van der Waals surface area contributed by atoms with E-state index in [9.17, 15) is 8.42 Å². The maximum Gasteiger partial charge on any atom is 0.261 e. The van der Waals surface area contributed by atoms with Crippen LogP contribution >= 0.6 is 0 Å². The van der Waals surface area contributed by atoms with E-state index in [0.29, 0.717) is 11.4 Å². The smallest absolute Gasteiger partial charge is 0.261 e. The summed E-state index contributed by atoms with van der Waals surface area (Å²) in [6.45, 7) is 1.91. The van der Waals surface area contributed by atoms with Crippen molar-refractivity contribution in [3.63, 3.8) is 0 Å². The minimum Gasteiger partial charge on any atom is -0.497 e. The van der Waals surface area contributed by atoms with Crippen LogP contribution in [0.15, 0.2) is 59.8 Å². The van der Waals surface area contributed by atoms with Gasteiger partial charge in [0, 0.05) is 16.9 Å². The SMILES string of the molecule is COc1ccc(S(=O)(=O)Nc2cccc(-c3nc[nH]c3C)c2)cc1. The number of imidazole rings is 1. The van der Waals surface area contributed by atoms with Crippen molar-refractivity contribution in [3.8, 4) is 17.0 Å². The first-order valence-corrected chi connectivity index (χ1v) is 8.75. The molecule has 7 heteroatoms. The first-order valence-electron chi connectivity index (χ1n) is 7.27. The Morgan fingerprint density at radius 3 is 2.50 bits per heavy atom. The lowest BCUT2D eigenvalue weighted by Crippen LogP contribution is -2.12. The third kappa shape index (κ3) is 3.26. The average molecular weight is 343 g/mol. The molecule has 0 saturated heterocycles. The van der Waals surface area contributed by atoms with Gasteiger partial charge in [-0.2, -0.15) is 0 Å². The normalized spacial score (nSPS) is 11.2. The predicted molar refractivity (Wildman–Crippen MR) is 92.6 cm³/mol. The van der Waals surface area contributed by atoms with Crippen LogP contribution in [0.1, 0.15) is 5.69 Å². The van der Waals surface area contributed by atoms with Crippen molar-refractivity contribution in [3.05, 3.63) is 60.6 Å². The second-order valence-corrected chi connectivity index (χ2v) is 6.92. The zero-order valence-electron chi connectivity index (χ0n) is 13.3. The second-order valence-electron chi connectivity index (χ2n) is 5.24. The van der Waals surface area contributed by atoms with Gasteiger partial charge in [-0.15, -0.1) is 0 Å². The van der Waals surface area contributed by atoms with Gasteiger partial charge < -0.3 is 9.72 Å². The molecule has 3 aromatic rings. The molecule has 0 aliphatic heterocycles. The molecule has 6 nitrogen and oxygen atoms in total. The standard InChI is InChI=1S/C17H17N3O3S/c1-12-17(19-11-18-12)13-4-3-5-14(10-13)20-24(21,22)16-8-6-15(23-2)7-9-16/h3-11,20H,1-2H3,(H,18,19). The highest BCUT2D eigenvalue weighted by Crippen LogP contribution is 2.25. The van der Waals surface area contributed by atoms with Gasteiger partial charge in [0.05, 0.1) is 24.0 Å². The Labute approximate surface area is 140 Å². The molecule has 0 saturated carbocycles. The number of sulfonamides is 1.